The van der Waals surface area contributed by atoms with Gasteiger partial charge in [-0.15, -0.1) is 0 Å². The molecule has 1 amide bonds. The van der Waals surface area contributed by atoms with Gasteiger partial charge in [-0.05, 0) is 37.0 Å². The number of carbonyl (C=O) groups excluding carboxylic acids is 1. The van der Waals surface area contributed by atoms with Crippen LogP contribution in [0.3, 0.4) is 0 Å². The van der Waals surface area contributed by atoms with Gasteiger partial charge in [0, 0.05) is 31.1 Å². The number of primary amides is 1. The minimum Gasteiger partial charge on any atom is -0.366 e. The summed E-state index contributed by atoms with van der Waals surface area (Å²) in [6.45, 7) is -0.135. The molecular formula is C18H20F5N3O. The largest absolute Gasteiger partial charge is 0.415 e. The van der Waals surface area contributed by atoms with Crippen LogP contribution >= 0.6 is 0 Å². The summed E-state index contributed by atoms with van der Waals surface area (Å²) in [5.41, 5.74) is 5.07. The van der Waals surface area contributed by atoms with Gasteiger partial charge in [-0.25, -0.2) is 13.8 Å². The highest BCUT2D eigenvalue weighted by Gasteiger charge is 2.42. The van der Waals surface area contributed by atoms with Gasteiger partial charge in [0.2, 0.25) is 11.8 Å². The molecule has 0 spiro atoms. The fourth-order valence-corrected chi connectivity index (χ4v) is 3.48. The predicted octanol–water partition coefficient (Wildman–Crippen LogP) is 4.09. The Morgan fingerprint density at radius 3 is 2.48 bits per heavy atom. The lowest BCUT2D eigenvalue weighted by Gasteiger charge is -2.35. The smallest absolute Gasteiger partial charge is 0.366 e. The van der Waals surface area contributed by atoms with Crippen molar-refractivity contribution in [1.29, 1.82) is 0 Å². The highest BCUT2D eigenvalue weighted by atomic mass is 19.4. The highest BCUT2D eigenvalue weighted by Crippen LogP contribution is 2.39. The molecule has 0 aromatic heterocycles. The van der Waals surface area contributed by atoms with E-state index in [-0.39, 0.29) is 50.3 Å². The van der Waals surface area contributed by atoms with Crippen LogP contribution in [0.15, 0.2) is 36.0 Å². The van der Waals surface area contributed by atoms with Gasteiger partial charge in [0.15, 0.2) is 0 Å². The van der Waals surface area contributed by atoms with Gasteiger partial charge >= 0.3 is 6.18 Å². The Morgan fingerprint density at radius 2 is 1.89 bits per heavy atom. The van der Waals surface area contributed by atoms with E-state index in [0.717, 1.165) is 6.20 Å². The molecule has 2 N–H and O–H groups in total. The molecule has 1 aromatic carbocycles. The molecule has 1 heterocycles. The van der Waals surface area contributed by atoms with E-state index in [0.29, 0.717) is 5.69 Å². The van der Waals surface area contributed by atoms with Crippen molar-refractivity contribution in [2.75, 3.05) is 18.1 Å². The summed E-state index contributed by atoms with van der Waals surface area (Å²) >= 11 is 0. The molecule has 1 aliphatic carbocycles. The molecule has 0 saturated heterocycles. The number of amides is 1. The minimum atomic E-state index is -4.49. The lowest BCUT2D eigenvalue weighted by molar-refractivity contribution is -0.0938. The predicted molar refractivity (Wildman–Crippen MR) is 90.1 cm³/mol. The molecule has 1 aliphatic heterocycles. The van der Waals surface area contributed by atoms with Crippen molar-refractivity contribution in [3.8, 4) is 0 Å². The standard InChI is InChI=1S/C18H20F5N3O/c19-17(20)6-4-12(5-7-17)9-25-10-14(18(21,22)23)11-26(25)15-3-1-2-13(8-15)16(24)27/h1-3,8,11-12H,4-7,9-10H2,(H2,24,27). The zero-order valence-electron chi connectivity index (χ0n) is 14.5. The van der Waals surface area contributed by atoms with Crippen molar-refractivity contribution in [2.45, 2.75) is 37.8 Å². The number of halogens is 5. The maximum atomic E-state index is 13.3. The van der Waals surface area contributed by atoms with E-state index in [4.69, 9.17) is 5.73 Å². The number of hydrazine groups is 1. The number of hydrogen-bond donors (Lipinski definition) is 1. The van der Waals surface area contributed by atoms with Gasteiger partial charge < -0.3 is 5.73 Å². The number of hydrogen-bond acceptors (Lipinski definition) is 3. The Morgan fingerprint density at radius 1 is 1.22 bits per heavy atom. The Kier molecular flexibility index (Phi) is 5.16. The van der Waals surface area contributed by atoms with Crippen molar-refractivity contribution in [3.05, 3.63) is 41.6 Å². The number of nitrogens with two attached hydrogens (primary N) is 1. The number of alkyl halides is 5. The zero-order valence-corrected chi connectivity index (χ0v) is 14.5. The molecule has 1 saturated carbocycles. The first-order chi connectivity index (χ1) is 12.5. The maximum absolute atomic E-state index is 13.3. The van der Waals surface area contributed by atoms with Crippen molar-refractivity contribution in [3.63, 3.8) is 0 Å². The average Bonchev–Trinajstić information content (AvgIpc) is 3.01. The van der Waals surface area contributed by atoms with Crippen molar-refractivity contribution in [2.24, 2.45) is 11.7 Å². The summed E-state index contributed by atoms with van der Waals surface area (Å²) in [6, 6.07) is 6.00. The fraction of sp³-hybridized carbons (Fsp3) is 0.500. The van der Waals surface area contributed by atoms with Gasteiger partial charge in [0.25, 0.3) is 0 Å². The van der Waals surface area contributed by atoms with Gasteiger partial charge in [-0.1, -0.05) is 6.07 Å². The lowest BCUT2D eigenvalue weighted by Crippen LogP contribution is -2.41. The van der Waals surface area contributed by atoms with Crippen LogP contribution in [0.25, 0.3) is 0 Å². The van der Waals surface area contributed by atoms with Crippen LogP contribution in [0.2, 0.25) is 0 Å². The molecule has 0 radical (unpaired) electrons. The minimum absolute atomic E-state index is 0.118. The van der Waals surface area contributed by atoms with Gasteiger partial charge in [0.05, 0.1) is 17.8 Å². The van der Waals surface area contributed by atoms with Crippen LogP contribution in [0, 0.1) is 5.92 Å². The molecule has 4 nitrogen and oxygen atoms in total. The van der Waals surface area contributed by atoms with Crippen LogP contribution in [-0.4, -0.2) is 36.1 Å². The second-order valence-electron chi connectivity index (χ2n) is 7.06. The third-order valence-electron chi connectivity index (χ3n) is 5.00. The van der Waals surface area contributed by atoms with Crippen LogP contribution in [-0.2, 0) is 0 Å². The van der Waals surface area contributed by atoms with Crippen molar-refractivity contribution in [1.82, 2.24) is 5.01 Å². The zero-order chi connectivity index (χ0) is 19.8. The maximum Gasteiger partial charge on any atom is 0.415 e. The number of anilines is 1. The highest BCUT2D eigenvalue weighted by molar-refractivity contribution is 5.93. The number of rotatable bonds is 4. The summed E-state index contributed by atoms with van der Waals surface area (Å²) in [5.74, 6) is -3.49. The van der Waals surface area contributed by atoms with E-state index in [2.05, 4.69) is 0 Å². The molecule has 3 rings (SSSR count). The van der Waals surface area contributed by atoms with E-state index < -0.39 is 23.6 Å². The summed E-state index contributed by atoms with van der Waals surface area (Å²) in [4.78, 5) is 11.4. The quantitative estimate of drug-likeness (QED) is 0.789. The van der Waals surface area contributed by atoms with Crippen LogP contribution in [0.1, 0.15) is 36.0 Å². The summed E-state index contributed by atoms with van der Waals surface area (Å²) in [5, 5.41) is 2.82. The van der Waals surface area contributed by atoms with E-state index >= 15 is 0 Å². The monoisotopic (exact) mass is 389 g/mol. The first-order valence-corrected chi connectivity index (χ1v) is 8.65. The first-order valence-electron chi connectivity index (χ1n) is 8.65. The molecule has 27 heavy (non-hydrogen) atoms. The lowest BCUT2D eigenvalue weighted by atomic mass is 9.86. The van der Waals surface area contributed by atoms with E-state index in [1.165, 1.54) is 28.2 Å². The molecular weight excluding hydrogens is 369 g/mol. The number of carbonyl (C=O) groups is 1. The molecule has 2 aliphatic rings. The Hall–Kier alpha value is -2.16. The third-order valence-corrected chi connectivity index (χ3v) is 5.00. The van der Waals surface area contributed by atoms with Crippen molar-refractivity contribution >= 4 is 11.6 Å². The second kappa shape index (κ2) is 7.10. The number of benzene rings is 1. The van der Waals surface area contributed by atoms with E-state index in [9.17, 15) is 26.7 Å². The topological polar surface area (TPSA) is 49.6 Å². The van der Waals surface area contributed by atoms with Crippen molar-refractivity contribution < 1.29 is 26.7 Å². The van der Waals surface area contributed by atoms with E-state index in [1.54, 1.807) is 6.07 Å². The van der Waals surface area contributed by atoms with Gasteiger partial charge in [-0.2, -0.15) is 13.2 Å². The van der Waals surface area contributed by atoms with Crippen LogP contribution in [0.4, 0.5) is 27.6 Å². The number of nitrogens with zero attached hydrogens (tertiary/aromatic N) is 2. The first kappa shape index (κ1) is 19.6. The SMILES string of the molecule is NC(=O)c1cccc(N2C=C(C(F)(F)F)CN2CC2CCC(F)(F)CC2)c1. The molecule has 0 unspecified atom stereocenters. The van der Waals surface area contributed by atoms with Crippen LogP contribution < -0.4 is 10.7 Å². The molecule has 0 bridgehead atoms. The average molecular weight is 389 g/mol. The normalized spacial score (nSPS) is 21.4. The van der Waals surface area contributed by atoms with Crippen LogP contribution in [0.5, 0.6) is 0 Å². The Balaban J connectivity index is 1.82. The third kappa shape index (κ3) is 4.58. The Labute approximate surface area is 153 Å². The summed E-state index contributed by atoms with van der Waals surface area (Å²) in [7, 11) is 0. The summed E-state index contributed by atoms with van der Waals surface area (Å²) < 4.78 is 66.3. The molecule has 9 heteroatoms. The molecule has 1 aromatic rings. The molecule has 1 fully saturated rings. The fourth-order valence-electron chi connectivity index (χ4n) is 3.48. The molecule has 148 valence electrons. The second-order valence-corrected chi connectivity index (χ2v) is 7.06. The van der Waals surface area contributed by atoms with Gasteiger partial charge in [0.1, 0.15) is 0 Å². The van der Waals surface area contributed by atoms with Gasteiger partial charge in [-0.3, -0.25) is 9.80 Å². The molecule has 0 atom stereocenters. The summed E-state index contributed by atoms with van der Waals surface area (Å²) in [6.07, 6.45) is -3.48. The van der Waals surface area contributed by atoms with E-state index in [1.807, 2.05) is 0 Å². The Bertz CT molecular complexity index is 737.